The monoisotopic (exact) mass is 270 g/mol. The summed E-state index contributed by atoms with van der Waals surface area (Å²) < 4.78 is 11.2. The van der Waals surface area contributed by atoms with E-state index in [1.165, 1.54) is 5.56 Å². The molecule has 0 saturated heterocycles. The van der Waals surface area contributed by atoms with Gasteiger partial charge < -0.3 is 14.8 Å². The molecule has 2 aromatic rings. The van der Waals surface area contributed by atoms with E-state index >= 15 is 0 Å². The molecule has 4 nitrogen and oxygen atoms in total. The van der Waals surface area contributed by atoms with Crippen molar-refractivity contribution in [3.05, 3.63) is 53.7 Å². The van der Waals surface area contributed by atoms with E-state index < -0.39 is 0 Å². The standard InChI is InChI=1S/C16H18N2O2/c1-17-13-9-15(11-7-8-16(19-2)18-10-11)20-14-6-4-3-5-12(13)14/h3-8,10,13,15,17H,9H2,1-2H3. The van der Waals surface area contributed by atoms with Crippen LogP contribution in [-0.4, -0.2) is 19.1 Å². The molecule has 1 N–H and O–H groups in total. The van der Waals surface area contributed by atoms with E-state index in [-0.39, 0.29) is 6.10 Å². The SMILES string of the molecule is CNC1CC(c2ccc(OC)nc2)Oc2ccccc21. The topological polar surface area (TPSA) is 43.4 Å². The summed E-state index contributed by atoms with van der Waals surface area (Å²) in [5.41, 5.74) is 2.29. The number of pyridine rings is 1. The van der Waals surface area contributed by atoms with Gasteiger partial charge in [0.1, 0.15) is 11.9 Å². The Labute approximate surface area is 118 Å². The third-order valence-electron chi connectivity index (χ3n) is 3.70. The van der Waals surface area contributed by atoms with Gasteiger partial charge in [0.25, 0.3) is 0 Å². The van der Waals surface area contributed by atoms with Crippen LogP contribution in [0.1, 0.15) is 29.7 Å². The van der Waals surface area contributed by atoms with Gasteiger partial charge >= 0.3 is 0 Å². The molecule has 1 aromatic heterocycles. The Morgan fingerprint density at radius 1 is 1.25 bits per heavy atom. The smallest absolute Gasteiger partial charge is 0.212 e. The van der Waals surface area contributed by atoms with Crippen LogP contribution in [0, 0.1) is 0 Å². The maximum absolute atomic E-state index is 6.10. The quantitative estimate of drug-likeness (QED) is 0.931. The molecule has 20 heavy (non-hydrogen) atoms. The van der Waals surface area contributed by atoms with E-state index in [2.05, 4.69) is 16.4 Å². The molecule has 2 unspecified atom stereocenters. The highest BCUT2D eigenvalue weighted by Crippen LogP contribution is 2.40. The van der Waals surface area contributed by atoms with Crippen LogP contribution in [0.4, 0.5) is 0 Å². The maximum Gasteiger partial charge on any atom is 0.212 e. The van der Waals surface area contributed by atoms with E-state index in [1.54, 1.807) is 7.11 Å². The zero-order valence-corrected chi connectivity index (χ0v) is 11.7. The second kappa shape index (κ2) is 5.51. The molecule has 3 rings (SSSR count). The Bertz CT molecular complexity index is 583. The van der Waals surface area contributed by atoms with E-state index in [1.807, 2.05) is 43.6 Å². The minimum Gasteiger partial charge on any atom is -0.485 e. The molecule has 1 aliphatic heterocycles. The number of benzene rings is 1. The first-order valence-electron chi connectivity index (χ1n) is 6.74. The average molecular weight is 270 g/mol. The molecule has 0 amide bonds. The van der Waals surface area contributed by atoms with Crippen LogP contribution in [0.15, 0.2) is 42.6 Å². The maximum atomic E-state index is 6.10. The van der Waals surface area contributed by atoms with Gasteiger partial charge in [-0.15, -0.1) is 0 Å². The van der Waals surface area contributed by atoms with Gasteiger partial charge in [0.05, 0.1) is 7.11 Å². The molecule has 0 aliphatic carbocycles. The van der Waals surface area contributed by atoms with Gasteiger partial charge in [-0.25, -0.2) is 4.98 Å². The summed E-state index contributed by atoms with van der Waals surface area (Å²) in [5, 5.41) is 3.36. The molecule has 2 heterocycles. The summed E-state index contributed by atoms with van der Waals surface area (Å²) in [6.07, 6.45) is 2.73. The first-order chi connectivity index (χ1) is 9.81. The number of nitrogens with zero attached hydrogens (tertiary/aromatic N) is 1. The first-order valence-corrected chi connectivity index (χ1v) is 6.74. The van der Waals surface area contributed by atoms with Crippen LogP contribution in [0.5, 0.6) is 11.6 Å². The van der Waals surface area contributed by atoms with Crippen LogP contribution < -0.4 is 14.8 Å². The molecule has 0 saturated carbocycles. The molecule has 0 bridgehead atoms. The van der Waals surface area contributed by atoms with Crippen molar-refractivity contribution in [3.8, 4) is 11.6 Å². The van der Waals surface area contributed by atoms with Gasteiger partial charge in [0.2, 0.25) is 5.88 Å². The Kier molecular flexibility index (Phi) is 3.56. The van der Waals surface area contributed by atoms with Gasteiger partial charge in [-0.3, -0.25) is 0 Å². The highest BCUT2D eigenvalue weighted by Gasteiger charge is 2.28. The molecule has 2 atom stereocenters. The fourth-order valence-corrected chi connectivity index (χ4v) is 2.60. The number of fused-ring (bicyclic) bond motifs is 1. The molecule has 4 heteroatoms. The number of para-hydroxylation sites is 1. The summed E-state index contributed by atoms with van der Waals surface area (Å²) in [6, 6.07) is 12.3. The number of methoxy groups -OCH3 is 1. The molecule has 1 aliphatic rings. The summed E-state index contributed by atoms with van der Waals surface area (Å²) >= 11 is 0. The third kappa shape index (κ3) is 2.34. The van der Waals surface area contributed by atoms with Gasteiger partial charge in [0.15, 0.2) is 0 Å². The fourth-order valence-electron chi connectivity index (χ4n) is 2.60. The molecular weight excluding hydrogens is 252 g/mol. The van der Waals surface area contributed by atoms with Crippen molar-refractivity contribution in [3.63, 3.8) is 0 Å². The van der Waals surface area contributed by atoms with E-state index in [0.717, 1.165) is 17.7 Å². The summed E-state index contributed by atoms with van der Waals surface area (Å²) in [5.74, 6) is 1.56. The number of rotatable bonds is 3. The second-order valence-corrected chi connectivity index (χ2v) is 4.86. The third-order valence-corrected chi connectivity index (χ3v) is 3.70. The van der Waals surface area contributed by atoms with Crippen molar-refractivity contribution in [2.75, 3.05) is 14.2 Å². The molecular formula is C16H18N2O2. The molecule has 0 fully saturated rings. The molecule has 0 spiro atoms. The first kappa shape index (κ1) is 12.9. The number of hydrogen-bond donors (Lipinski definition) is 1. The highest BCUT2D eigenvalue weighted by atomic mass is 16.5. The van der Waals surface area contributed by atoms with Crippen LogP contribution in [0.2, 0.25) is 0 Å². The van der Waals surface area contributed by atoms with E-state index in [4.69, 9.17) is 9.47 Å². The van der Waals surface area contributed by atoms with Gasteiger partial charge in [0, 0.05) is 35.9 Å². The second-order valence-electron chi connectivity index (χ2n) is 4.86. The van der Waals surface area contributed by atoms with Crippen molar-refractivity contribution < 1.29 is 9.47 Å². The van der Waals surface area contributed by atoms with E-state index in [9.17, 15) is 0 Å². The predicted molar refractivity (Wildman–Crippen MR) is 77.0 cm³/mol. The number of nitrogens with one attached hydrogen (secondary N) is 1. The summed E-state index contributed by atoms with van der Waals surface area (Å²) in [4.78, 5) is 4.26. The average Bonchev–Trinajstić information content (AvgIpc) is 2.54. The predicted octanol–water partition coefficient (Wildman–Crippen LogP) is 2.87. The minimum absolute atomic E-state index is 0.0146. The Balaban J connectivity index is 1.89. The van der Waals surface area contributed by atoms with Gasteiger partial charge in [-0.1, -0.05) is 18.2 Å². The fraction of sp³-hybridized carbons (Fsp3) is 0.312. The Morgan fingerprint density at radius 3 is 2.80 bits per heavy atom. The van der Waals surface area contributed by atoms with Crippen molar-refractivity contribution in [2.24, 2.45) is 0 Å². The highest BCUT2D eigenvalue weighted by molar-refractivity contribution is 5.39. The summed E-state index contributed by atoms with van der Waals surface area (Å²) in [6.45, 7) is 0. The summed E-state index contributed by atoms with van der Waals surface area (Å²) in [7, 11) is 3.60. The lowest BCUT2D eigenvalue weighted by Crippen LogP contribution is -2.26. The van der Waals surface area contributed by atoms with Gasteiger partial charge in [-0.2, -0.15) is 0 Å². The molecule has 1 aromatic carbocycles. The lowest BCUT2D eigenvalue weighted by Gasteiger charge is -2.32. The van der Waals surface area contributed by atoms with Crippen LogP contribution in [0.25, 0.3) is 0 Å². The number of aromatic nitrogens is 1. The van der Waals surface area contributed by atoms with Crippen molar-refractivity contribution in [1.29, 1.82) is 0 Å². The van der Waals surface area contributed by atoms with E-state index in [0.29, 0.717) is 11.9 Å². The van der Waals surface area contributed by atoms with Crippen LogP contribution >= 0.6 is 0 Å². The van der Waals surface area contributed by atoms with Crippen molar-refractivity contribution in [2.45, 2.75) is 18.6 Å². The minimum atomic E-state index is 0.0146. The number of hydrogen-bond acceptors (Lipinski definition) is 4. The largest absolute Gasteiger partial charge is 0.485 e. The Morgan fingerprint density at radius 2 is 2.10 bits per heavy atom. The molecule has 0 radical (unpaired) electrons. The lowest BCUT2D eigenvalue weighted by atomic mass is 9.94. The van der Waals surface area contributed by atoms with Crippen molar-refractivity contribution >= 4 is 0 Å². The normalized spacial score (nSPS) is 20.9. The number of ether oxygens (including phenoxy) is 2. The molecule has 104 valence electrons. The van der Waals surface area contributed by atoms with Crippen LogP contribution in [0.3, 0.4) is 0 Å². The lowest BCUT2D eigenvalue weighted by molar-refractivity contribution is 0.153. The zero-order valence-electron chi connectivity index (χ0n) is 11.7. The Hall–Kier alpha value is -2.07. The van der Waals surface area contributed by atoms with Crippen LogP contribution in [-0.2, 0) is 0 Å². The van der Waals surface area contributed by atoms with Gasteiger partial charge in [-0.05, 0) is 19.2 Å². The zero-order chi connectivity index (χ0) is 13.9. The van der Waals surface area contributed by atoms with Crippen molar-refractivity contribution in [1.82, 2.24) is 10.3 Å².